The quantitative estimate of drug-likeness (QED) is 0.257. The Labute approximate surface area is 234 Å². The molecule has 1 N–H and O–H groups in total. The number of benzene rings is 3. The zero-order valence-corrected chi connectivity index (χ0v) is 22.9. The van der Waals surface area contributed by atoms with Crippen LogP contribution in [0.15, 0.2) is 66.9 Å². The maximum absolute atomic E-state index is 13.9. The van der Waals surface area contributed by atoms with E-state index in [1.54, 1.807) is 45.2 Å². The van der Waals surface area contributed by atoms with Crippen molar-refractivity contribution < 1.29 is 23.9 Å². The van der Waals surface area contributed by atoms with Gasteiger partial charge in [-0.05, 0) is 50.6 Å². The summed E-state index contributed by atoms with van der Waals surface area (Å²) in [4.78, 5) is 49.9. The van der Waals surface area contributed by atoms with Crippen LogP contribution in [0.5, 0.6) is 5.75 Å². The lowest BCUT2D eigenvalue weighted by Crippen LogP contribution is -2.27. The minimum atomic E-state index is -0.786. The predicted octanol–water partition coefficient (Wildman–Crippen LogP) is 6.41. The molecular formula is C32H26N4O5. The molecule has 3 aromatic heterocycles. The summed E-state index contributed by atoms with van der Waals surface area (Å²) in [6.07, 6.45) is 1.03. The molecule has 0 saturated carbocycles. The Morgan fingerprint density at radius 3 is 2.39 bits per heavy atom. The summed E-state index contributed by atoms with van der Waals surface area (Å²) in [6, 6.07) is 18.8. The van der Waals surface area contributed by atoms with Crippen LogP contribution in [0.3, 0.4) is 0 Å². The van der Waals surface area contributed by atoms with E-state index >= 15 is 0 Å². The zero-order chi connectivity index (χ0) is 28.6. The number of imide groups is 1. The Balaban J connectivity index is 1.59. The van der Waals surface area contributed by atoms with Crippen molar-refractivity contribution in [2.24, 2.45) is 0 Å². The van der Waals surface area contributed by atoms with Crippen LogP contribution in [0.2, 0.25) is 0 Å². The summed E-state index contributed by atoms with van der Waals surface area (Å²) >= 11 is 0. The molecule has 0 atom stereocenters. The maximum atomic E-state index is 13.9. The topological polar surface area (TPSA) is 107 Å². The number of pyridine rings is 1. The first-order valence-electron chi connectivity index (χ1n) is 13.3. The van der Waals surface area contributed by atoms with Gasteiger partial charge in [0.15, 0.2) is 0 Å². The number of carbonyl (C=O) groups is 3. The van der Waals surface area contributed by atoms with Gasteiger partial charge in [-0.1, -0.05) is 30.3 Å². The number of amides is 2. The van der Waals surface area contributed by atoms with Gasteiger partial charge in [0.05, 0.1) is 27.7 Å². The largest absolute Gasteiger partial charge is 0.489 e. The van der Waals surface area contributed by atoms with Gasteiger partial charge >= 0.3 is 6.09 Å². The molecule has 0 unspecified atom stereocenters. The van der Waals surface area contributed by atoms with Gasteiger partial charge in [-0.2, -0.15) is 0 Å². The second kappa shape index (κ2) is 8.66. The molecule has 0 aliphatic carbocycles. The van der Waals surface area contributed by atoms with E-state index < -0.39 is 23.5 Å². The molecule has 0 saturated heterocycles. The van der Waals surface area contributed by atoms with Crippen molar-refractivity contribution in [3.05, 3.63) is 83.6 Å². The van der Waals surface area contributed by atoms with E-state index in [2.05, 4.69) is 9.97 Å². The highest BCUT2D eigenvalue weighted by molar-refractivity contribution is 6.39. The number of nitrogens with one attached hydrogen (secondary N) is 1. The van der Waals surface area contributed by atoms with Crippen LogP contribution in [0, 0.1) is 0 Å². The van der Waals surface area contributed by atoms with Crippen LogP contribution >= 0.6 is 0 Å². The third kappa shape index (κ3) is 3.69. The Hall–Kier alpha value is -5.18. The first-order chi connectivity index (χ1) is 19.6. The van der Waals surface area contributed by atoms with Crippen molar-refractivity contribution >= 4 is 61.6 Å². The lowest BCUT2D eigenvalue weighted by molar-refractivity contribution is 0.0550. The normalized spacial score (nSPS) is 13.6. The number of aromatic nitrogens is 3. The number of nitrogens with zero attached hydrogens (tertiary/aromatic N) is 3. The van der Waals surface area contributed by atoms with E-state index in [1.807, 2.05) is 42.5 Å². The number of aromatic amines is 1. The molecule has 1 aliphatic heterocycles. The third-order valence-corrected chi connectivity index (χ3v) is 7.36. The molecule has 7 rings (SSSR count). The molecule has 0 fully saturated rings. The number of rotatable bonds is 3. The fourth-order valence-electron chi connectivity index (χ4n) is 5.65. The SMILES string of the molecule is CN1C(=O)c2c(c3c4ccc(OCc5ccccc5)cc4n(C(=O)OC(C)(C)C)c3c3[nH]c4ncccc4c23)C1=O. The first kappa shape index (κ1) is 24.8. The molecule has 3 aromatic carbocycles. The van der Waals surface area contributed by atoms with E-state index in [-0.39, 0.29) is 5.56 Å². The number of hydrogen-bond acceptors (Lipinski definition) is 6. The van der Waals surface area contributed by atoms with E-state index in [0.717, 1.165) is 10.5 Å². The van der Waals surface area contributed by atoms with Crippen molar-refractivity contribution in [3.63, 3.8) is 0 Å². The van der Waals surface area contributed by atoms with Gasteiger partial charge in [-0.15, -0.1) is 0 Å². The van der Waals surface area contributed by atoms with Crippen molar-refractivity contribution in [3.8, 4) is 5.75 Å². The van der Waals surface area contributed by atoms with Crippen molar-refractivity contribution in [1.29, 1.82) is 0 Å². The first-order valence-corrected chi connectivity index (χ1v) is 13.3. The van der Waals surface area contributed by atoms with Crippen LogP contribution in [-0.4, -0.2) is 50.0 Å². The molecule has 9 heteroatoms. The number of ether oxygens (including phenoxy) is 2. The maximum Gasteiger partial charge on any atom is 0.419 e. The number of fused-ring (bicyclic) bond motifs is 10. The smallest absolute Gasteiger partial charge is 0.419 e. The fraction of sp³-hybridized carbons (Fsp3) is 0.188. The number of H-pyrrole nitrogens is 1. The second-order valence-electron chi connectivity index (χ2n) is 11.2. The highest BCUT2D eigenvalue weighted by Crippen LogP contribution is 2.45. The highest BCUT2D eigenvalue weighted by Gasteiger charge is 2.40. The lowest BCUT2D eigenvalue weighted by Gasteiger charge is -2.20. The van der Waals surface area contributed by atoms with E-state index in [9.17, 15) is 14.4 Å². The molecule has 4 heterocycles. The molecule has 0 bridgehead atoms. The van der Waals surface area contributed by atoms with Gasteiger partial charge in [-0.3, -0.25) is 14.5 Å². The summed E-state index contributed by atoms with van der Waals surface area (Å²) in [5.74, 6) is -0.287. The van der Waals surface area contributed by atoms with Gasteiger partial charge in [0, 0.05) is 40.9 Å². The van der Waals surface area contributed by atoms with Crippen LogP contribution < -0.4 is 4.74 Å². The summed E-state index contributed by atoms with van der Waals surface area (Å²) in [5.41, 5.74) is 2.77. The van der Waals surface area contributed by atoms with E-state index in [0.29, 0.717) is 61.7 Å². The molecule has 1 aliphatic rings. The Morgan fingerprint density at radius 2 is 1.66 bits per heavy atom. The monoisotopic (exact) mass is 546 g/mol. The Morgan fingerprint density at radius 1 is 0.927 bits per heavy atom. The predicted molar refractivity (Wildman–Crippen MR) is 155 cm³/mol. The second-order valence-corrected chi connectivity index (χ2v) is 11.2. The summed E-state index contributed by atoms with van der Waals surface area (Å²) in [7, 11) is 1.47. The van der Waals surface area contributed by atoms with Crippen molar-refractivity contribution in [2.45, 2.75) is 33.0 Å². The van der Waals surface area contributed by atoms with Gasteiger partial charge in [-0.25, -0.2) is 14.3 Å². The minimum absolute atomic E-state index is 0.259. The molecule has 204 valence electrons. The van der Waals surface area contributed by atoms with Crippen LogP contribution in [0.1, 0.15) is 47.1 Å². The van der Waals surface area contributed by atoms with Crippen LogP contribution in [0.25, 0.3) is 43.7 Å². The average molecular weight is 547 g/mol. The van der Waals surface area contributed by atoms with Crippen LogP contribution in [-0.2, 0) is 11.3 Å². The van der Waals surface area contributed by atoms with Crippen LogP contribution in [0.4, 0.5) is 4.79 Å². The lowest BCUT2D eigenvalue weighted by atomic mass is 9.97. The molecule has 9 nitrogen and oxygen atoms in total. The van der Waals surface area contributed by atoms with E-state index in [1.165, 1.54) is 11.6 Å². The van der Waals surface area contributed by atoms with Gasteiger partial charge in [0.1, 0.15) is 23.6 Å². The molecule has 0 radical (unpaired) electrons. The minimum Gasteiger partial charge on any atom is -0.489 e. The molecular weight excluding hydrogens is 520 g/mol. The standard InChI is InChI=1S/C32H26N4O5/c1-32(2,3)41-31(39)36-21-15-18(40-16-17-9-6-5-7-10-17)12-13-19(21)23-25-24(29(37)35(4)30(25)38)22-20-11-8-14-33-28(20)34-26(22)27(23)36/h5-15H,16H2,1-4H3,(H,33,34). The molecule has 2 amide bonds. The van der Waals surface area contributed by atoms with Crippen molar-refractivity contribution in [1.82, 2.24) is 19.4 Å². The zero-order valence-electron chi connectivity index (χ0n) is 22.9. The Kier molecular flexibility index (Phi) is 5.24. The fourth-order valence-corrected chi connectivity index (χ4v) is 5.65. The number of carbonyl (C=O) groups excluding carboxylic acids is 3. The summed E-state index contributed by atoms with van der Waals surface area (Å²) in [5, 5.41) is 2.35. The van der Waals surface area contributed by atoms with Crippen molar-refractivity contribution in [2.75, 3.05) is 7.05 Å². The highest BCUT2D eigenvalue weighted by atomic mass is 16.6. The average Bonchev–Trinajstić information content (AvgIpc) is 3.56. The number of hydrogen-bond donors (Lipinski definition) is 1. The Bertz CT molecular complexity index is 2080. The molecule has 0 spiro atoms. The van der Waals surface area contributed by atoms with Gasteiger partial charge < -0.3 is 14.5 Å². The molecule has 41 heavy (non-hydrogen) atoms. The van der Waals surface area contributed by atoms with Gasteiger partial charge in [0.25, 0.3) is 11.8 Å². The third-order valence-electron chi connectivity index (χ3n) is 7.36. The van der Waals surface area contributed by atoms with Gasteiger partial charge in [0.2, 0.25) is 0 Å². The molecule has 6 aromatic rings. The van der Waals surface area contributed by atoms with E-state index in [4.69, 9.17) is 9.47 Å². The summed E-state index contributed by atoms with van der Waals surface area (Å²) in [6.45, 7) is 5.73. The summed E-state index contributed by atoms with van der Waals surface area (Å²) < 4.78 is 13.4.